The topological polar surface area (TPSA) is 58.6 Å². The number of benzene rings is 2. The van der Waals surface area contributed by atoms with Crippen LogP contribution in [-0.4, -0.2) is 37.4 Å². The van der Waals surface area contributed by atoms with Crippen molar-refractivity contribution in [1.82, 2.24) is 4.90 Å². The molecule has 0 aliphatic carbocycles. The molecule has 2 aromatic rings. The molecule has 0 bridgehead atoms. The Bertz CT molecular complexity index is 842. The summed E-state index contributed by atoms with van der Waals surface area (Å²) in [6.07, 6.45) is 0. The fourth-order valence-corrected chi connectivity index (χ4v) is 2.93. The van der Waals surface area contributed by atoms with Crippen LogP contribution >= 0.6 is 15.9 Å². The van der Waals surface area contributed by atoms with Crippen LogP contribution < -0.4 is 10.1 Å². The average molecular weight is 433 g/mol. The molecule has 0 atom stereocenters. The highest BCUT2D eigenvalue weighted by Crippen LogP contribution is 2.31. The van der Waals surface area contributed by atoms with Crippen molar-refractivity contribution in [3.63, 3.8) is 0 Å². The predicted octanol–water partition coefficient (Wildman–Crippen LogP) is 4.47. The molecule has 0 heterocycles. The Labute approximate surface area is 168 Å². The molecule has 0 saturated carbocycles. The number of nitrogens with zero attached hydrogens (tertiary/aromatic N) is 1. The van der Waals surface area contributed by atoms with Crippen LogP contribution in [0.2, 0.25) is 0 Å². The van der Waals surface area contributed by atoms with Crippen molar-refractivity contribution in [2.24, 2.45) is 0 Å². The van der Waals surface area contributed by atoms with Gasteiger partial charge in [-0.25, -0.2) is 0 Å². The number of rotatable bonds is 5. The summed E-state index contributed by atoms with van der Waals surface area (Å²) in [4.78, 5) is 26.0. The Morgan fingerprint density at radius 2 is 1.78 bits per heavy atom. The first-order chi connectivity index (χ1) is 12.6. The fourth-order valence-electron chi connectivity index (χ4n) is 2.43. The number of carbonyl (C=O) groups excluding carboxylic acids is 2. The zero-order chi connectivity index (χ0) is 20.2. The Morgan fingerprint density at radius 3 is 2.37 bits per heavy atom. The fraction of sp³-hybridized carbons (Fsp3) is 0.333. The van der Waals surface area contributed by atoms with E-state index in [1.54, 1.807) is 38.4 Å². The van der Waals surface area contributed by atoms with Crippen LogP contribution in [0.3, 0.4) is 0 Å². The lowest BCUT2D eigenvalue weighted by atomic mass is 9.87. The molecular formula is C21H25BrN2O3. The molecule has 144 valence electrons. The van der Waals surface area contributed by atoms with Gasteiger partial charge in [-0.1, -0.05) is 39.0 Å². The maximum absolute atomic E-state index is 12.3. The SMILES string of the molecule is CN(C)C(=O)c1ccccc1NC(=O)COc1ccc(C(C)(C)C)cc1Br. The van der Waals surface area contributed by atoms with Gasteiger partial charge in [0, 0.05) is 14.1 Å². The summed E-state index contributed by atoms with van der Waals surface area (Å²) < 4.78 is 6.43. The predicted molar refractivity (Wildman–Crippen MR) is 111 cm³/mol. The zero-order valence-corrected chi connectivity index (χ0v) is 17.9. The van der Waals surface area contributed by atoms with Crippen molar-refractivity contribution in [2.75, 3.05) is 26.0 Å². The van der Waals surface area contributed by atoms with Crippen LogP contribution in [0.25, 0.3) is 0 Å². The average Bonchev–Trinajstić information content (AvgIpc) is 2.59. The van der Waals surface area contributed by atoms with Crippen molar-refractivity contribution >= 4 is 33.4 Å². The van der Waals surface area contributed by atoms with E-state index in [4.69, 9.17) is 4.74 Å². The summed E-state index contributed by atoms with van der Waals surface area (Å²) in [6.45, 7) is 6.25. The van der Waals surface area contributed by atoms with E-state index in [-0.39, 0.29) is 23.8 Å². The van der Waals surface area contributed by atoms with Crippen molar-refractivity contribution in [1.29, 1.82) is 0 Å². The molecule has 0 fully saturated rings. The van der Waals surface area contributed by atoms with Crippen LogP contribution in [-0.2, 0) is 10.2 Å². The zero-order valence-electron chi connectivity index (χ0n) is 16.3. The second-order valence-electron chi connectivity index (χ2n) is 7.48. The summed E-state index contributed by atoms with van der Waals surface area (Å²) >= 11 is 3.50. The van der Waals surface area contributed by atoms with E-state index in [9.17, 15) is 9.59 Å². The molecule has 0 aromatic heterocycles. The van der Waals surface area contributed by atoms with E-state index < -0.39 is 0 Å². The Hall–Kier alpha value is -2.34. The van der Waals surface area contributed by atoms with Crippen molar-refractivity contribution in [3.05, 3.63) is 58.1 Å². The van der Waals surface area contributed by atoms with Gasteiger partial charge >= 0.3 is 0 Å². The van der Waals surface area contributed by atoms with Gasteiger partial charge in [0.2, 0.25) is 0 Å². The number of para-hydroxylation sites is 1. The molecule has 0 aliphatic rings. The van der Waals surface area contributed by atoms with Crippen LogP contribution in [0.5, 0.6) is 5.75 Å². The molecule has 2 aromatic carbocycles. The van der Waals surface area contributed by atoms with E-state index in [0.29, 0.717) is 17.0 Å². The number of hydrogen-bond donors (Lipinski definition) is 1. The van der Waals surface area contributed by atoms with Gasteiger partial charge in [0.15, 0.2) is 6.61 Å². The van der Waals surface area contributed by atoms with E-state index >= 15 is 0 Å². The van der Waals surface area contributed by atoms with Crippen molar-refractivity contribution in [3.8, 4) is 5.75 Å². The first kappa shape index (κ1) is 21.0. The summed E-state index contributed by atoms with van der Waals surface area (Å²) in [6, 6.07) is 12.7. The summed E-state index contributed by atoms with van der Waals surface area (Å²) in [5, 5.41) is 2.74. The van der Waals surface area contributed by atoms with Gasteiger partial charge in [-0.3, -0.25) is 9.59 Å². The minimum Gasteiger partial charge on any atom is -0.483 e. The highest BCUT2D eigenvalue weighted by molar-refractivity contribution is 9.10. The molecule has 0 spiro atoms. The maximum Gasteiger partial charge on any atom is 0.262 e. The third kappa shape index (κ3) is 5.57. The van der Waals surface area contributed by atoms with Gasteiger partial charge in [-0.05, 0) is 51.2 Å². The molecular weight excluding hydrogens is 408 g/mol. The normalized spacial score (nSPS) is 11.0. The molecule has 1 N–H and O–H groups in total. The molecule has 2 amide bonds. The van der Waals surface area contributed by atoms with Crippen LogP contribution in [0.1, 0.15) is 36.7 Å². The Kier molecular flexibility index (Phi) is 6.65. The van der Waals surface area contributed by atoms with Gasteiger partial charge < -0.3 is 15.0 Å². The van der Waals surface area contributed by atoms with Gasteiger partial charge in [0.25, 0.3) is 11.8 Å². The number of anilines is 1. The molecule has 0 aliphatic heterocycles. The minimum atomic E-state index is -0.333. The first-order valence-corrected chi connectivity index (χ1v) is 9.42. The Morgan fingerprint density at radius 1 is 1.11 bits per heavy atom. The standard InChI is InChI=1S/C21H25BrN2O3/c1-21(2,3)14-10-11-18(16(22)12-14)27-13-19(25)23-17-9-7-6-8-15(17)20(26)24(4)5/h6-12H,13H2,1-5H3,(H,23,25). The van der Waals surface area contributed by atoms with Crippen LogP contribution in [0, 0.1) is 0 Å². The molecule has 0 saturated heterocycles. The number of hydrogen-bond acceptors (Lipinski definition) is 3. The summed E-state index contributed by atoms with van der Waals surface area (Å²) in [5.41, 5.74) is 2.10. The monoisotopic (exact) mass is 432 g/mol. The van der Waals surface area contributed by atoms with E-state index in [1.807, 2.05) is 18.2 Å². The molecule has 0 radical (unpaired) electrons. The number of carbonyl (C=O) groups is 2. The number of nitrogens with one attached hydrogen (secondary N) is 1. The van der Waals surface area contributed by atoms with Gasteiger partial charge in [-0.2, -0.15) is 0 Å². The minimum absolute atomic E-state index is 0.0289. The number of halogens is 1. The van der Waals surface area contributed by atoms with Crippen molar-refractivity contribution in [2.45, 2.75) is 26.2 Å². The summed E-state index contributed by atoms with van der Waals surface area (Å²) in [7, 11) is 3.34. The lowest BCUT2D eigenvalue weighted by Gasteiger charge is -2.20. The third-order valence-electron chi connectivity index (χ3n) is 3.99. The lowest BCUT2D eigenvalue weighted by Crippen LogP contribution is -2.25. The van der Waals surface area contributed by atoms with Crippen LogP contribution in [0.4, 0.5) is 5.69 Å². The number of ether oxygens (including phenoxy) is 1. The van der Waals surface area contributed by atoms with Crippen LogP contribution in [0.15, 0.2) is 46.9 Å². The molecule has 6 heteroatoms. The smallest absolute Gasteiger partial charge is 0.262 e. The van der Waals surface area contributed by atoms with Crippen molar-refractivity contribution < 1.29 is 14.3 Å². The quantitative estimate of drug-likeness (QED) is 0.757. The van der Waals surface area contributed by atoms with E-state index in [2.05, 4.69) is 42.0 Å². The summed E-state index contributed by atoms with van der Waals surface area (Å²) in [5.74, 6) is 0.0870. The second kappa shape index (κ2) is 8.57. The highest BCUT2D eigenvalue weighted by atomic mass is 79.9. The van der Waals surface area contributed by atoms with E-state index in [0.717, 1.165) is 4.47 Å². The second-order valence-corrected chi connectivity index (χ2v) is 8.33. The third-order valence-corrected chi connectivity index (χ3v) is 4.61. The largest absolute Gasteiger partial charge is 0.483 e. The number of amides is 2. The van der Waals surface area contributed by atoms with E-state index in [1.165, 1.54) is 10.5 Å². The Balaban J connectivity index is 2.05. The maximum atomic E-state index is 12.3. The molecule has 5 nitrogen and oxygen atoms in total. The van der Waals surface area contributed by atoms with Gasteiger partial charge in [0.05, 0.1) is 15.7 Å². The highest BCUT2D eigenvalue weighted by Gasteiger charge is 2.17. The van der Waals surface area contributed by atoms with Gasteiger partial charge in [-0.15, -0.1) is 0 Å². The molecule has 2 rings (SSSR count). The first-order valence-electron chi connectivity index (χ1n) is 8.63. The lowest BCUT2D eigenvalue weighted by molar-refractivity contribution is -0.118. The molecule has 27 heavy (non-hydrogen) atoms. The molecule has 0 unspecified atom stereocenters. The van der Waals surface area contributed by atoms with Gasteiger partial charge in [0.1, 0.15) is 5.75 Å².